The lowest BCUT2D eigenvalue weighted by molar-refractivity contribution is -0.120. The quantitative estimate of drug-likeness (QED) is 0.652. The van der Waals surface area contributed by atoms with Gasteiger partial charge in [0, 0.05) is 55.5 Å². The van der Waals surface area contributed by atoms with Gasteiger partial charge in [-0.05, 0) is 43.8 Å². The Balaban J connectivity index is 1.24. The van der Waals surface area contributed by atoms with Crippen LogP contribution < -0.4 is 10.2 Å². The van der Waals surface area contributed by atoms with Crippen molar-refractivity contribution >= 4 is 29.0 Å². The maximum absolute atomic E-state index is 12.5. The molecule has 0 radical (unpaired) electrons. The molecule has 1 fully saturated rings. The lowest BCUT2D eigenvalue weighted by Gasteiger charge is -2.34. The Labute approximate surface area is 184 Å². The minimum absolute atomic E-state index is 0.138. The number of piperazine rings is 1. The number of carbonyl (C=O) groups excluding carboxylic acids is 1. The van der Waals surface area contributed by atoms with Gasteiger partial charge in [-0.2, -0.15) is 0 Å². The number of anilines is 2. The van der Waals surface area contributed by atoms with Crippen LogP contribution in [0.25, 0.3) is 0 Å². The van der Waals surface area contributed by atoms with Crippen molar-refractivity contribution in [3.63, 3.8) is 0 Å². The second-order valence-electron chi connectivity index (χ2n) is 7.92. The standard InChI is InChI=1S/C24H32N4OS/c1-2-26-16-18-27(19-17-26)14-7-13-25-24(29)12-15-28-20-8-3-5-10-22(20)30-23-11-6-4-9-21(23)28/h3-6,8-11H,2,7,12-19H2,1H3,(H,25,29). The van der Waals surface area contributed by atoms with Crippen LogP contribution in [0.1, 0.15) is 19.8 Å². The average Bonchev–Trinajstić information content (AvgIpc) is 2.80. The Morgan fingerprint density at radius 1 is 0.900 bits per heavy atom. The van der Waals surface area contributed by atoms with E-state index in [1.165, 1.54) is 34.3 Å². The first-order valence-electron chi connectivity index (χ1n) is 11.1. The van der Waals surface area contributed by atoms with Gasteiger partial charge in [0.1, 0.15) is 0 Å². The predicted octanol–water partition coefficient (Wildman–Crippen LogP) is 3.82. The van der Waals surface area contributed by atoms with Gasteiger partial charge < -0.3 is 20.0 Å². The van der Waals surface area contributed by atoms with Crippen LogP contribution in [0.3, 0.4) is 0 Å². The van der Waals surface area contributed by atoms with Gasteiger partial charge in [-0.1, -0.05) is 43.0 Å². The van der Waals surface area contributed by atoms with Gasteiger partial charge >= 0.3 is 0 Å². The smallest absolute Gasteiger partial charge is 0.221 e. The Kier molecular flexibility index (Phi) is 7.31. The van der Waals surface area contributed by atoms with E-state index in [4.69, 9.17) is 0 Å². The highest BCUT2D eigenvalue weighted by Crippen LogP contribution is 2.47. The van der Waals surface area contributed by atoms with Crippen LogP contribution in [0, 0.1) is 0 Å². The van der Waals surface area contributed by atoms with E-state index in [1.807, 2.05) is 0 Å². The topological polar surface area (TPSA) is 38.8 Å². The SMILES string of the molecule is CCN1CCN(CCCNC(=O)CCN2c3ccccc3Sc3ccccc32)CC1. The Hall–Kier alpha value is -2.02. The Morgan fingerprint density at radius 3 is 2.13 bits per heavy atom. The molecule has 0 aliphatic carbocycles. The summed E-state index contributed by atoms with van der Waals surface area (Å²) in [5.74, 6) is 0.138. The fourth-order valence-electron chi connectivity index (χ4n) is 4.18. The molecule has 2 aromatic rings. The third-order valence-electron chi connectivity index (χ3n) is 5.98. The maximum Gasteiger partial charge on any atom is 0.221 e. The van der Waals surface area contributed by atoms with Crippen LogP contribution >= 0.6 is 11.8 Å². The number of benzene rings is 2. The molecule has 2 aromatic carbocycles. The van der Waals surface area contributed by atoms with Crippen molar-refractivity contribution in [3.05, 3.63) is 48.5 Å². The van der Waals surface area contributed by atoms with Crippen molar-refractivity contribution < 1.29 is 4.79 Å². The first-order valence-corrected chi connectivity index (χ1v) is 11.9. The molecule has 1 amide bonds. The van der Waals surface area contributed by atoms with Crippen LogP contribution in [0.2, 0.25) is 0 Å². The molecule has 0 aromatic heterocycles. The molecule has 160 valence electrons. The van der Waals surface area contributed by atoms with E-state index in [0.29, 0.717) is 13.0 Å². The number of para-hydroxylation sites is 2. The molecule has 2 aliphatic heterocycles. The largest absolute Gasteiger partial charge is 0.356 e. The third-order valence-corrected chi connectivity index (χ3v) is 7.11. The summed E-state index contributed by atoms with van der Waals surface area (Å²) in [5.41, 5.74) is 2.39. The maximum atomic E-state index is 12.5. The molecule has 2 aliphatic rings. The summed E-state index contributed by atoms with van der Waals surface area (Å²) >= 11 is 1.80. The molecule has 0 saturated carbocycles. The van der Waals surface area contributed by atoms with Crippen molar-refractivity contribution in [3.8, 4) is 0 Å². The summed E-state index contributed by atoms with van der Waals surface area (Å²) < 4.78 is 0. The normalized spacial score (nSPS) is 16.8. The third kappa shape index (κ3) is 5.17. The van der Waals surface area contributed by atoms with Gasteiger partial charge in [-0.15, -0.1) is 0 Å². The molecular weight excluding hydrogens is 392 g/mol. The fourth-order valence-corrected chi connectivity index (χ4v) is 5.28. The zero-order valence-corrected chi connectivity index (χ0v) is 18.7. The van der Waals surface area contributed by atoms with Gasteiger partial charge in [0.2, 0.25) is 5.91 Å². The Morgan fingerprint density at radius 2 is 1.50 bits per heavy atom. The van der Waals surface area contributed by atoms with E-state index >= 15 is 0 Å². The van der Waals surface area contributed by atoms with Crippen LogP contribution in [0.15, 0.2) is 58.3 Å². The highest BCUT2D eigenvalue weighted by Gasteiger charge is 2.23. The van der Waals surface area contributed by atoms with Gasteiger partial charge in [-0.25, -0.2) is 0 Å². The summed E-state index contributed by atoms with van der Waals surface area (Å²) in [4.78, 5) is 22.3. The van der Waals surface area contributed by atoms with Crippen LogP contribution in [-0.2, 0) is 4.79 Å². The van der Waals surface area contributed by atoms with Gasteiger partial charge in [0.15, 0.2) is 0 Å². The molecule has 30 heavy (non-hydrogen) atoms. The summed E-state index contributed by atoms with van der Waals surface area (Å²) in [7, 11) is 0. The first kappa shape index (κ1) is 21.2. The molecule has 2 heterocycles. The molecular formula is C24H32N4OS. The number of carbonyl (C=O) groups is 1. The number of likely N-dealkylation sites (N-methyl/N-ethyl adjacent to an activating group) is 1. The molecule has 1 N–H and O–H groups in total. The molecule has 6 heteroatoms. The highest BCUT2D eigenvalue weighted by atomic mass is 32.2. The van der Waals surface area contributed by atoms with E-state index in [9.17, 15) is 4.79 Å². The van der Waals surface area contributed by atoms with Gasteiger partial charge in [0.05, 0.1) is 11.4 Å². The molecule has 0 atom stereocenters. The average molecular weight is 425 g/mol. The number of fused-ring (bicyclic) bond motifs is 2. The zero-order chi connectivity index (χ0) is 20.8. The number of hydrogen-bond acceptors (Lipinski definition) is 5. The number of amides is 1. The number of nitrogens with zero attached hydrogens (tertiary/aromatic N) is 3. The van der Waals surface area contributed by atoms with Crippen molar-refractivity contribution in [1.82, 2.24) is 15.1 Å². The summed E-state index contributed by atoms with van der Waals surface area (Å²) in [6, 6.07) is 16.9. The molecule has 1 saturated heterocycles. The second-order valence-corrected chi connectivity index (χ2v) is 9.00. The minimum atomic E-state index is 0.138. The fraction of sp³-hybridized carbons (Fsp3) is 0.458. The van der Waals surface area contributed by atoms with Crippen LogP contribution in [0.5, 0.6) is 0 Å². The number of hydrogen-bond donors (Lipinski definition) is 1. The van der Waals surface area contributed by atoms with E-state index in [-0.39, 0.29) is 5.91 Å². The number of rotatable bonds is 8. The molecule has 4 rings (SSSR count). The zero-order valence-electron chi connectivity index (χ0n) is 17.8. The van der Waals surface area contributed by atoms with Crippen molar-refractivity contribution in [2.24, 2.45) is 0 Å². The lowest BCUT2D eigenvalue weighted by Crippen LogP contribution is -2.46. The van der Waals surface area contributed by atoms with E-state index < -0.39 is 0 Å². The second kappa shape index (κ2) is 10.3. The van der Waals surface area contributed by atoms with E-state index in [0.717, 1.165) is 39.1 Å². The number of nitrogens with one attached hydrogen (secondary N) is 1. The molecule has 0 bridgehead atoms. The predicted molar refractivity (Wildman–Crippen MR) is 125 cm³/mol. The lowest BCUT2D eigenvalue weighted by atomic mass is 10.2. The van der Waals surface area contributed by atoms with Crippen molar-refractivity contribution in [2.45, 2.75) is 29.6 Å². The van der Waals surface area contributed by atoms with Crippen LogP contribution in [0.4, 0.5) is 11.4 Å². The summed E-state index contributed by atoms with van der Waals surface area (Å²) in [6.07, 6.45) is 1.52. The summed E-state index contributed by atoms with van der Waals surface area (Å²) in [6.45, 7) is 10.5. The minimum Gasteiger partial charge on any atom is -0.356 e. The van der Waals surface area contributed by atoms with E-state index in [1.54, 1.807) is 11.8 Å². The monoisotopic (exact) mass is 424 g/mol. The van der Waals surface area contributed by atoms with E-state index in [2.05, 4.69) is 75.5 Å². The molecule has 0 spiro atoms. The van der Waals surface area contributed by atoms with Gasteiger partial charge in [0.25, 0.3) is 0 Å². The van der Waals surface area contributed by atoms with Crippen LogP contribution in [-0.4, -0.2) is 68.1 Å². The van der Waals surface area contributed by atoms with Gasteiger partial charge in [-0.3, -0.25) is 4.79 Å². The van der Waals surface area contributed by atoms with Crippen molar-refractivity contribution in [1.29, 1.82) is 0 Å². The van der Waals surface area contributed by atoms with Crippen molar-refractivity contribution in [2.75, 3.05) is 57.3 Å². The molecule has 5 nitrogen and oxygen atoms in total. The first-order chi connectivity index (χ1) is 14.7. The molecule has 0 unspecified atom stereocenters. The highest BCUT2D eigenvalue weighted by molar-refractivity contribution is 7.99. The Bertz CT molecular complexity index is 805. The summed E-state index contributed by atoms with van der Waals surface area (Å²) in [5, 5.41) is 3.12.